The third-order valence-corrected chi connectivity index (χ3v) is 19.0. The van der Waals surface area contributed by atoms with Crippen molar-refractivity contribution in [2.45, 2.75) is 115 Å². The van der Waals surface area contributed by atoms with E-state index in [0.717, 1.165) is 16.7 Å². The van der Waals surface area contributed by atoms with E-state index < -0.39 is 58.6 Å². The second-order valence-corrected chi connectivity index (χ2v) is 24.8. The molecule has 1 aliphatic rings. The van der Waals surface area contributed by atoms with E-state index in [4.69, 9.17) is 32.4 Å². The first kappa shape index (κ1) is 52.1. The molecule has 4 aromatic carbocycles. The van der Waals surface area contributed by atoms with Crippen LogP contribution < -0.4 is 20.5 Å². The van der Waals surface area contributed by atoms with Gasteiger partial charge in [-0.2, -0.15) is 10.2 Å². The van der Waals surface area contributed by atoms with Crippen LogP contribution in [0, 0.1) is 11.3 Å². The molecular weight excluding hydrogens is 898 g/mol. The normalized spacial score (nSPS) is 18.1. The van der Waals surface area contributed by atoms with Gasteiger partial charge in [0, 0.05) is 23.8 Å². The summed E-state index contributed by atoms with van der Waals surface area (Å²) in [4.78, 5) is 31.8. The highest BCUT2D eigenvalue weighted by molar-refractivity contribution is 7.44. The van der Waals surface area contributed by atoms with Crippen molar-refractivity contribution < 1.29 is 37.2 Å². The van der Waals surface area contributed by atoms with E-state index in [0.29, 0.717) is 17.1 Å². The second kappa shape index (κ2) is 22.9. The molecule has 16 heteroatoms. The molecular formula is C52H66N5O9PSi. The van der Waals surface area contributed by atoms with Crippen molar-refractivity contribution in [1.29, 1.82) is 5.26 Å². The number of nitrogens with zero attached hydrogens (tertiary/aromatic N) is 4. The molecule has 14 nitrogen and oxygen atoms in total. The Kier molecular flexibility index (Phi) is 17.5. The number of methoxy groups -OCH3 is 2. The zero-order chi connectivity index (χ0) is 49.2. The van der Waals surface area contributed by atoms with Gasteiger partial charge in [0.1, 0.15) is 41.2 Å². The fourth-order valence-electron chi connectivity index (χ4n) is 7.97. The second-order valence-electron chi connectivity index (χ2n) is 18.7. The molecule has 5 aromatic rings. The van der Waals surface area contributed by atoms with Crippen molar-refractivity contribution in [1.82, 2.24) is 14.2 Å². The Morgan fingerprint density at radius 1 is 0.838 bits per heavy atom. The number of carbonyl (C=O) groups is 1. The number of aromatic nitrogens is 2. The molecule has 0 aliphatic carbocycles. The van der Waals surface area contributed by atoms with Crippen LogP contribution in [0.3, 0.4) is 0 Å². The highest BCUT2D eigenvalue weighted by Crippen LogP contribution is 2.52. The van der Waals surface area contributed by atoms with Crippen molar-refractivity contribution in [3.05, 3.63) is 154 Å². The van der Waals surface area contributed by atoms with Gasteiger partial charge in [0.2, 0.25) is 0 Å². The summed E-state index contributed by atoms with van der Waals surface area (Å²) in [5, 5.41) is 12.1. The molecule has 6 rings (SSSR count). The van der Waals surface area contributed by atoms with Gasteiger partial charge in [-0.25, -0.2) is 9.46 Å². The summed E-state index contributed by atoms with van der Waals surface area (Å²) in [7, 11) is -1.30. The number of anilines is 1. The maximum Gasteiger partial charge on any atom is 0.351 e. The van der Waals surface area contributed by atoms with Crippen LogP contribution in [0.15, 0.2) is 126 Å². The lowest BCUT2D eigenvalue weighted by atomic mass is 9.80. The van der Waals surface area contributed by atoms with Gasteiger partial charge < -0.3 is 37.7 Å². The number of nitriles is 1. The molecule has 1 unspecified atom stereocenters. The molecule has 0 saturated carbocycles. The fourth-order valence-corrected chi connectivity index (χ4v) is 11.0. The molecule has 0 bridgehead atoms. The number of carbonyl (C=O) groups excluding carboxylic acids is 1. The molecule has 0 radical (unpaired) electrons. The Bertz CT molecular complexity index is 2440. The number of benzene rings is 4. The van der Waals surface area contributed by atoms with Gasteiger partial charge in [0.25, 0.3) is 14.4 Å². The van der Waals surface area contributed by atoms with E-state index >= 15 is 0 Å². The van der Waals surface area contributed by atoms with E-state index in [1.165, 1.54) is 4.57 Å². The number of rotatable bonds is 21. The number of amides is 1. The predicted molar refractivity (Wildman–Crippen MR) is 267 cm³/mol. The first-order chi connectivity index (χ1) is 32.4. The minimum atomic E-state index is -2.70. The van der Waals surface area contributed by atoms with Crippen LogP contribution in [0.5, 0.6) is 11.5 Å². The van der Waals surface area contributed by atoms with Crippen molar-refractivity contribution in [3.8, 4) is 17.6 Å². The maximum atomic E-state index is 14.4. The highest BCUT2D eigenvalue weighted by atomic mass is 31.2. The standard InChI is InChI=1S/C52H66N5O9PSi/c1-36(2)57(37(3)4)67(63-34-18-32-53)65-46-44(35-62-52(39-21-16-13-17-22-39,40-23-27-42(60-8)28-24-40)41-25-29-43(61-9)30-26-41)64-49(47(46)66-68(10,11)51(5,6)7)56-33-31-45(55-50(56)59)54-48(58)38-19-14-12-15-20-38/h12-17,19-31,33,36-37,44,46-47,49H,18,34-35H2,1-11H3,(H,54,55,58,59)/t44-,46-,47-,49-,67?/m1/s1. The highest BCUT2D eigenvalue weighted by Gasteiger charge is 2.54. The molecule has 1 aromatic heterocycles. The summed E-state index contributed by atoms with van der Waals surface area (Å²) in [6.45, 7) is 19.1. The quantitative estimate of drug-likeness (QED) is 0.0322. The lowest BCUT2D eigenvalue weighted by molar-refractivity contribution is -0.0943. The monoisotopic (exact) mass is 963 g/mol. The SMILES string of the molecule is COc1ccc(C(OC[C@H]2O[C@@H](n3ccc(NC(=O)c4ccccc4)nc3=O)[C@H](O[Si](C)(C)C(C)(C)C)[C@@H]2OP(OCCC#N)N(C(C)C)C(C)C)(c2ccccc2)c2ccc(OC)cc2)cc1. The summed E-state index contributed by atoms with van der Waals surface area (Å²) in [6, 6.07) is 38.0. The Morgan fingerprint density at radius 2 is 1.38 bits per heavy atom. The number of hydrogen-bond donors (Lipinski definition) is 1. The first-order valence-corrected chi connectivity index (χ1v) is 27.0. The fraction of sp³-hybridized carbons (Fsp3) is 0.423. The number of nitrogens with one attached hydrogen (secondary N) is 1. The van der Waals surface area contributed by atoms with Gasteiger partial charge in [-0.1, -0.05) is 93.6 Å². The van der Waals surface area contributed by atoms with Crippen LogP contribution in [-0.2, 0) is 28.5 Å². The molecule has 0 spiro atoms. The van der Waals surface area contributed by atoms with Crippen LogP contribution in [0.25, 0.3) is 0 Å². The Morgan fingerprint density at radius 3 is 1.88 bits per heavy atom. The van der Waals surface area contributed by atoms with E-state index in [1.807, 2.05) is 84.9 Å². The van der Waals surface area contributed by atoms with E-state index in [2.05, 4.69) is 82.6 Å². The van der Waals surface area contributed by atoms with Crippen molar-refractivity contribution >= 4 is 28.6 Å². The minimum absolute atomic E-state index is 0.0166. The van der Waals surface area contributed by atoms with Crippen molar-refractivity contribution in [2.75, 3.05) is 32.8 Å². The smallest absolute Gasteiger partial charge is 0.351 e. The van der Waals surface area contributed by atoms with E-state index in [-0.39, 0.29) is 42.6 Å². The van der Waals surface area contributed by atoms with Crippen LogP contribution >= 0.6 is 8.53 Å². The molecule has 1 saturated heterocycles. The third kappa shape index (κ3) is 11.9. The zero-order valence-corrected chi connectivity index (χ0v) is 42.9. The van der Waals surface area contributed by atoms with Crippen LogP contribution in [0.2, 0.25) is 18.1 Å². The van der Waals surface area contributed by atoms with Crippen LogP contribution in [0.4, 0.5) is 5.82 Å². The van der Waals surface area contributed by atoms with Gasteiger partial charge in [0.05, 0.1) is 39.9 Å². The Balaban J connectivity index is 1.53. The van der Waals surface area contributed by atoms with Crippen molar-refractivity contribution in [3.63, 3.8) is 0 Å². The van der Waals surface area contributed by atoms with Crippen molar-refractivity contribution in [2.24, 2.45) is 0 Å². The Labute approximate surface area is 403 Å². The summed E-state index contributed by atoms with van der Waals surface area (Å²) in [5.74, 6) is 1.04. The molecule has 1 N–H and O–H groups in total. The molecule has 1 amide bonds. The van der Waals surface area contributed by atoms with Gasteiger partial charge in [-0.15, -0.1) is 0 Å². The maximum absolute atomic E-state index is 14.4. The zero-order valence-electron chi connectivity index (χ0n) is 41.0. The molecule has 68 heavy (non-hydrogen) atoms. The van der Waals surface area contributed by atoms with E-state index in [1.54, 1.807) is 50.7 Å². The summed E-state index contributed by atoms with van der Waals surface area (Å²) >= 11 is 0. The minimum Gasteiger partial charge on any atom is -0.497 e. The summed E-state index contributed by atoms with van der Waals surface area (Å²) in [5.41, 5.74) is 1.00. The van der Waals surface area contributed by atoms with Crippen LogP contribution in [-0.4, -0.2) is 86.3 Å². The van der Waals surface area contributed by atoms with Gasteiger partial charge >= 0.3 is 5.69 Å². The topological polar surface area (TPSA) is 156 Å². The lowest BCUT2D eigenvalue weighted by Crippen LogP contribution is -2.50. The first-order valence-electron chi connectivity index (χ1n) is 23.0. The molecule has 5 atom stereocenters. The molecule has 362 valence electrons. The van der Waals surface area contributed by atoms with Gasteiger partial charge in [-0.05, 0) is 105 Å². The largest absolute Gasteiger partial charge is 0.497 e. The van der Waals surface area contributed by atoms with E-state index in [9.17, 15) is 14.9 Å². The Hall–Kier alpha value is -5.27. The van der Waals surface area contributed by atoms with Gasteiger partial charge in [-0.3, -0.25) is 9.36 Å². The lowest BCUT2D eigenvalue weighted by Gasteiger charge is -2.42. The summed E-state index contributed by atoms with van der Waals surface area (Å²) in [6.07, 6.45) is -2.03. The third-order valence-electron chi connectivity index (χ3n) is 12.4. The van der Waals surface area contributed by atoms with Crippen LogP contribution in [0.1, 0.15) is 88.2 Å². The predicted octanol–water partition coefficient (Wildman–Crippen LogP) is 10.5. The molecule has 1 fully saturated rings. The average molecular weight is 964 g/mol. The molecule has 1 aliphatic heterocycles. The number of ether oxygens (including phenoxy) is 4. The molecule has 2 heterocycles. The average Bonchev–Trinajstić information content (AvgIpc) is 3.64. The number of hydrogen-bond acceptors (Lipinski definition) is 12. The summed E-state index contributed by atoms with van der Waals surface area (Å²) < 4.78 is 50.6. The van der Waals surface area contributed by atoms with Gasteiger partial charge in [0.15, 0.2) is 14.5 Å².